The van der Waals surface area contributed by atoms with Gasteiger partial charge in [-0.05, 0) is 60.1 Å². The van der Waals surface area contributed by atoms with Crippen LogP contribution in [0.1, 0.15) is 48.9 Å². The van der Waals surface area contributed by atoms with Crippen LogP contribution in [0.3, 0.4) is 0 Å². The number of aliphatic hydroxyl groups excluding tert-OH is 1. The Kier molecular flexibility index (Phi) is 9.66. The molecule has 1 fully saturated rings. The molecule has 1 saturated heterocycles. The van der Waals surface area contributed by atoms with Crippen LogP contribution in [0.2, 0.25) is 0 Å². The number of carbonyl (C=O) groups is 2. The fourth-order valence-corrected chi connectivity index (χ4v) is 5.65. The lowest BCUT2D eigenvalue weighted by Crippen LogP contribution is -2.59. The number of nitrogens with one attached hydrogen (secondary N) is 2. The lowest BCUT2D eigenvalue weighted by Gasteiger charge is -2.39. The largest absolute Gasteiger partial charge is 0.390 e. The van der Waals surface area contributed by atoms with E-state index in [2.05, 4.69) is 29.7 Å². The number of aliphatic hydroxyl groups is 1. The Balaban J connectivity index is 1.58. The lowest BCUT2D eigenvalue weighted by molar-refractivity contribution is -0.145. The predicted octanol–water partition coefficient (Wildman–Crippen LogP) is 4.24. The zero-order valence-corrected chi connectivity index (χ0v) is 23.0. The maximum Gasteiger partial charge on any atom is 0.250 e. The third kappa shape index (κ3) is 6.74. The smallest absolute Gasteiger partial charge is 0.250 e. The van der Waals surface area contributed by atoms with Crippen LogP contribution in [-0.2, 0) is 34.5 Å². The second kappa shape index (κ2) is 13.2. The molecule has 0 bridgehead atoms. The summed E-state index contributed by atoms with van der Waals surface area (Å²) in [5.41, 5.74) is 2.01. The minimum absolute atomic E-state index is 0.000469. The number of carbonyl (C=O) groups excluding carboxylic acids is 2. The molecule has 40 heavy (non-hydrogen) atoms. The second-order valence-electron chi connectivity index (χ2n) is 10.4. The topological polar surface area (TPSA) is 81.7 Å². The van der Waals surface area contributed by atoms with Crippen molar-refractivity contribution in [3.8, 4) is 0 Å². The molecule has 3 aromatic carbocycles. The summed E-state index contributed by atoms with van der Waals surface area (Å²) >= 11 is 0. The van der Waals surface area contributed by atoms with Gasteiger partial charge in [0, 0.05) is 32.6 Å². The van der Waals surface area contributed by atoms with Crippen molar-refractivity contribution in [2.45, 2.75) is 63.8 Å². The van der Waals surface area contributed by atoms with E-state index in [4.69, 9.17) is 0 Å². The quantitative estimate of drug-likeness (QED) is 0.334. The first-order valence-electron chi connectivity index (χ1n) is 13.8. The van der Waals surface area contributed by atoms with Gasteiger partial charge in [0.25, 0.3) is 5.91 Å². The Morgan fingerprint density at radius 3 is 2.35 bits per heavy atom. The Hall–Kier alpha value is -3.62. The highest BCUT2D eigenvalue weighted by Gasteiger charge is 2.50. The Morgan fingerprint density at radius 2 is 1.68 bits per heavy atom. The van der Waals surface area contributed by atoms with E-state index in [1.165, 1.54) is 24.6 Å². The molecule has 3 N–H and O–H groups in total. The number of aryl methyl sites for hydroxylation is 1. The molecule has 0 radical (unpaired) electrons. The zero-order valence-electron chi connectivity index (χ0n) is 23.0. The van der Waals surface area contributed by atoms with Crippen molar-refractivity contribution >= 4 is 11.8 Å². The van der Waals surface area contributed by atoms with Crippen LogP contribution in [0.5, 0.6) is 0 Å². The number of likely N-dealkylation sites (tertiary alicyclic amines) is 1. The average molecular weight is 550 g/mol. The summed E-state index contributed by atoms with van der Waals surface area (Å²) in [6.07, 6.45) is 0.896. The lowest BCUT2D eigenvalue weighted by atomic mass is 9.85. The average Bonchev–Trinajstić information content (AvgIpc) is 3.39. The van der Waals surface area contributed by atoms with Crippen molar-refractivity contribution in [1.29, 1.82) is 0 Å². The number of amides is 2. The monoisotopic (exact) mass is 549 g/mol. The molecule has 0 unspecified atom stereocenters. The van der Waals surface area contributed by atoms with E-state index in [0.717, 1.165) is 18.1 Å². The standard InChI is InChI=1S/C32H37F2N3O3/c1-3-23-9-7-10-24(15-23)20-35-21-30(39)29(18-25-16-27(33)19-28(34)17-25)36-31(40)32(26-11-5-4-6-12-26)13-8-14-37(32)22(2)38/h4-7,9-12,15-17,19,29-30,35,39H,3,8,13-14,18,20-21H2,1-2H3,(H,36,40)/t29-,30-,32+/m0/s1. The van der Waals surface area contributed by atoms with E-state index >= 15 is 0 Å². The Bertz CT molecular complexity index is 1300. The fourth-order valence-electron chi connectivity index (χ4n) is 5.65. The molecule has 212 valence electrons. The molecule has 1 heterocycles. The van der Waals surface area contributed by atoms with Crippen molar-refractivity contribution in [2.75, 3.05) is 13.1 Å². The fraction of sp³-hybridized carbons (Fsp3) is 0.375. The zero-order chi connectivity index (χ0) is 28.7. The normalized spacial score (nSPS) is 18.4. The molecule has 3 aromatic rings. The van der Waals surface area contributed by atoms with Crippen molar-refractivity contribution < 1.29 is 23.5 Å². The summed E-state index contributed by atoms with van der Waals surface area (Å²) in [6.45, 7) is 4.59. The maximum absolute atomic E-state index is 14.1. The highest BCUT2D eigenvalue weighted by Crippen LogP contribution is 2.39. The SMILES string of the molecule is CCc1cccc(CNC[C@H](O)[C@H](Cc2cc(F)cc(F)c2)NC(=O)[C@]2(c3ccccc3)CCCN2C(C)=O)c1. The van der Waals surface area contributed by atoms with Gasteiger partial charge in [0.2, 0.25) is 5.91 Å². The van der Waals surface area contributed by atoms with E-state index in [1.807, 2.05) is 42.5 Å². The third-order valence-electron chi connectivity index (χ3n) is 7.63. The van der Waals surface area contributed by atoms with Crippen LogP contribution in [0, 0.1) is 11.6 Å². The van der Waals surface area contributed by atoms with Gasteiger partial charge in [-0.25, -0.2) is 8.78 Å². The molecular formula is C32H37F2N3O3. The molecule has 1 aliphatic rings. The second-order valence-corrected chi connectivity index (χ2v) is 10.4. The molecule has 6 nitrogen and oxygen atoms in total. The van der Waals surface area contributed by atoms with Gasteiger partial charge < -0.3 is 20.6 Å². The number of halogens is 2. The van der Waals surface area contributed by atoms with Gasteiger partial charge in [0.15, 0.2) is 0 Å². The van der Waals surface area contributed by atoms with Crippen molar-refractivity contribution in [2.24, 2.45) is 0 Å². The van der Waals surface area contributed by atoms with E-state index < -0.39 is 35.2 Å². The first kappa shape index (κ1) is 29.4. The van der Waals surface area contributed by atoms with Crippen LogP contribution in [0.25, 0.3) is 0 Å². The number of hydrogen-bond donors (Lipinski definition) is 3. The van der Waals surface area contributed by atoms with Crippen LogP contribution in [0.4, 0.5) is 8.78 Å². The van der Waals surface area contributed by atoms with Crippen molar-refractivity contribution in [3.05, 3.63) is 107 Å². The van der Waals surface area contributed by atoms with E-state index in [1.54, 1.807) is 4.90 Å². The van der Waals surface area contributed by atoms with E-state index in [0.29, 0.717) is 37.1 Å². The van der Waals surface area contributed by atoms with E-state index in [9.17, 15) is 23.5 Å². The molecule has 2 amide bonds. The number of nitrogens with zero attached hydrogens (tertiary/aromatic N) is 1. The highest BCUT2D eigenvalue weighted by molar-refractivity contribution is 5.93. The first-order chi connectivity index (χ1) is 19.2. The maximum atomic E-state index is 14.1. The molecule has 8 heteroatoms. The minimum Gasteiger partial charge on any atom is -0.390 e. The Morgan fingerprint density at radius 1 is 0.975 bits per heavy atom. The van der Waals surface area contributed by atoms with Gasteiger partial charge in [-0.2, -0.15) is 0 Å². The number of rotatable bonds is 11. The summed E-state index contributed by atoms with van der Waals surface area (Å²) in [7, 11) is 0. The summed E-state index contributed by atoms with van der Waals surface area (Å²) < 4.78 is 28.0. The molecule has 4 rings (SSSR count). The number of benzene rings is 3. The summed E-state index contributed by atoms with van der Waals surface area (Å²) in [5, 5.41) is 17.5. The predicted molar refractivity (Wildman–Crippen MR) is 150 cm³/mol. The van der Waals surface area contributed by atoms with Gasteiger partial charge in [-0.3, -0.25) is 9.59 Å². The molecule has 0 saturated carbocycles. The summed E-state index contributed by atoms with van der Waals surface area (Å²) in [5.74, 6) is -2.12. The van der Waals surface area contributed by atoms with Gasteiger partial charge in [0.05, 0.1) is 12.1 Å². The Labute approximate surface area is 234 Å². The van der Waals surface area contributed by atoms with Crippen molar-refractivity contribution in [1.82, 2.24) is 15.5 Å². The molecule has 3 atom stereocenters. The first-order valence-corrected chi connectivity index (χ1v) is 13.8. The summed E-state index contributed by atoms with van der Waals surface area (Å²) in [4.78, 5) is 28.3. The minimum atomic E-state index is -1.24. The molecule has 0 spiro atoms. The van der Waals surface area contributed by atoms with Crippen molar-refractivity contribution in [3.63, 3.8) is 0 Å². The van der Waals surface area contributed by atoms with Crippen LogP contribution >= 0.6 is 0 Å². The van der Waals surface area contributed by atoms with Crippen LogP contribution < -0.4 is 10.6 Å². The van der Waals surface area contributed by atoms with Crippen LogP contribution in [0.15, 0.2) is 72.8 Å². The molecule has 0 aliphatic carbocycles. The third-order valence-corrected chi connectivity index (χ3v) is 7.63. The molecule has 0 aromatic heterocycles. The summed E-state index contributed by atoms with van der Waals surface area (Å²) in [6, 6.07) is 19.5. The number of hydrogen-bond acceptors (Lipinski definition) is 4. The van der Waals surface area contributed by atoms with E-state index in [-0.39, 0.29) is 18.9 Å². The van der Waals surface area contributed by atoms with Gasteiger partial charge >= 0.3 is 0 Å². The van der Waals surface area contributed by atoms with Gasteiger partial charge in [0.1, 0.15) is 17.2 Å². The van der Waals surface area contributed by atoms with Crippen LogP contribution in [-0.4, -0.2) is 47.1 Å². The molecular weight excluding hydrogens is 512 g/mol. The molecule has 1 aliphatic heterocycles. The van der Waals surface area contributed by atoms with Gasteiger partial charge in [-0.15, -0.1) is 0 Å². The highest BCUT2D eigenvalue weighted by atomic mass is 19.1. The van der Waals surface area contributed by atoms with Gasteiger partial charge in [-0.1, -0.05) is 61.5 Å².